The molecular weight excluding hydrogens is 244 g/mol. The fraction of sp³-hybridized carbons (Fsp3) is 0. The van der Waals surface area contributed by atoms with Crippen molar-refractivity contribution in [2.24, 2.45) is 0 Å². The molecule has 5 heteroatoms. The van der Waals surface area contributed by atoms with Gasteiger partial charge in [0.15, 0.2) is 5.13 Å². The van der Waals surface area contributed by atoms with E-state index in [-0.39, 0.29) is 0 Å². The van der Waals surface area contributed by atoms with Crippen LogP contribution in [0.1, 0.15) is 0 Å². The molecule has 3 aromatic rings. The summed E-state index contributed by atoms with van der Waals surface area (Å²) < 4.78 is 5.68. The van der Waals surface area contributed by atoms with Crippen LogP contribution in [0, 0.1) is 0 Å². The zero-order valence-electron chi connectivity index (χ0n) is 8.11. The summed E-state index contributed by atoms with van der Waals surface area (Å²) in [5.41, 5.74) is 6.39. The van der Waals surface area contributed by atoms with E-state index in [2.05, 4.69) is 4.98 Å². The third-order valence-corrected chi connectivity index (χ3v) is 3.32. The van der Waals surface area contributed by atoms with Gasteiger partial charge in [-0.2, -0.15) is 0 Å². The lowest BCUT2D eigenvalue weighted by Gasteiger charge is -1.88. The second-order valence-electron chi connectivity index (χ2n) is 3.36. The third kappa shape index (κ3) is 1.56. The largest absolute Gasteiger partial charge is 0.455 e. The number of anilines is 1. The Balaban J connectivity index is 2.18. The molecule has 3 rings (SSSR count). The van der Waals surface area contributed by atoms with Crippen molar-refractivity contribution in [2.45, 2.75) is 0 Å². The third-order valence-electron chi connectivity index (χ3n) is 2.24. The van der Waals surface area contributed by atoms with Gasteiger partial charge in [0.2, 0.25) is 0 Å². The molecule has 3 nitrogen and oxygen atoms in total. The van der Waals surface area contributed by atoms with Crippen LogP contribution in [0.15, 0.2) is 34.9 Å². The van der Waals surface area contributed by atoms with Gasteiger partial charge in [-0.1, -0.05) is 22.9 Å². The van der Waals surface area contributed by atoms with Gasteiger partial charge >= 0.3 is 0 Å². The molecule has 0 aliphatic carbocycles. The van der Waals surface area contributed by atoms with Gasteiger partial charge in [0.1, 0.15) is 11.3 Å². The number of nitrogens with zero attached hydrogens (tertiary/aromatic N) is 1. The van der Waals surface area contributed by atoms with Crippen LogP contribution in [-0.2, 0) is 0 Å². The lowest BCUT2D eigenvalue weighted by molar-refractivity contribution is 0.633. The average molecular weight is 251 g/mol. The zero-order chi connectivity index (χ0) is 11.1. The van der Waals surface area contributed by atoms with Gasteiger partial charge in [-0.05, 0) is 24.3 Å². The van der Waals surface area contributed by atoms with E-state index in [0.717, 1.165) is 21.6 Å². The van der Waals surface area contributed by atoms with E-state index in [4.69, 9.17) is 21.8 Å². The molecule has 0 saturated carbocycles. The Hall–Kier alpha value is -1.52. The standard InChI is InChI=1S/C11H7ClN2OS/c12-7-1-2-8-6(3-7)4-9(15-8)10-5-14-11(13)16-10/h1-5H,(H2,13,14). The molecule has 0 amide bonds. The monoisotopic (exact) mass is 250 g/mol. The van der Waals surface area contributed by atoms with Gasteiger partial charge in [-0.15, -0.1) is 0 Å². The lowest BCUT2D eigenvalue weighted by Crippen LogP contribution is -1.77. The zero-order valence-corrected chi connectivity index (χ0v) is 9.68. The number of nitrogens with two attached hydrogens (primary N) is 1. The molecule has 1 aromatic carbocycles. The van der Waals surface area contributed by atoms with Gasteiger partial charge in [0, 0.05) is 10.4 Å². The van der Waals surface area contributed by atoms with E-state index in [1.807, 2.05) is 18.2 Å². The van der Waals surface area contributed by atoms with Crippen molar-refractivity contribution in [3.63, 3.8) is 0 Å². The lowest BCUT2D eigenvalue weighted by atomic mass is 10.2. The van der Waals surface area contributed by atoms with Crippen molar-refractivity contribution in [3.8, 4) is 10.6 Å². The summed E-state index contributed by atoms with van der Waals surface area (Å²) in [5, 5.41) is 2.21. The van der Waals surface area contributed by atoms with Crippen LogP contribution in [-0.4, -0.2) is 4.98 Å². The fourth-order valence-electron chi connectivity index (χ4n) is 1.54. The maximum atomic E-state index is 5.91. The molecule has 16 heavy (non-hydrogen) atoms. The Morgan fingerprint density at radius 1 is 1.31 bits per heavy atom. The summed E-state index contributed by atoms with van der Waals surface area (Å²) in [5.74, 6) is 0.770. The summed E-state index contributed by atoms with van der Waals surface area (Å²) in [6.07, 6.45) is 1.71. The first kappa shape index (κ1) is 9.69. The number of fused-ring (bicyclic) bond motifs is 1. The number of hydrogen-bond acceptors (Lipinski definition) is 4. The Bertz CT molecular complexity index is 659. The number of rotatable bonds is 1. The summed E-state index contributed by atoms with van der Waals surface area (Å²) in [7, 11) is 0. The molecular formula is C11H7ClN2OS. The Labute approximate surface area is 100 Å². The second kappa shape index (κ2) is 3.50. The van der Waals surface area contributed by atoms with Gasteiger partial charge in [-0.25, -0.2) is 4.98 Å². The number of nitrogen functional groups attached to an aromatic ring is 1. The highest BCUT2D eigenvalue weighted by molar-refractivity contribution is 7.18. The van der Waals surface area contributed by atoms with E-state index in [0.29, 0.717) is 10.2 Å². The van der Waals surface area contributed by atoms with Gasteiger partial charge in [0.05, 0.1) is 11.1 Å². The SMILES string of the molecule is Nc1ncc(-c2cc3cc(Cl)ccc3o2)s1. The van der Waals surface area contributed by atoms with Crippen LogP contribution in [0.4, 0.5) is 5.13 Å². The van der Waals surface area contributed by atoms with Crippen LogP contribution in [0.25, 0.3) is 21.6 Å². The molecule has 2 aromatic heterocycles. The minimum atomic E-state index is 0.536. The van der Waals surface area contributed by atoms with Crippen LogP contribution >= 0.6 is 22.9 Å². The summed E-state index contributed by atoms with van der Waals surface area (Å²) in [6, 6.07) is 7.46. The molecule has 80 valence electrons. The predicted octanol–water partition coefficient (Wildman–Crippen LogP) is 3.79. The van der Waals surface area contributed by atoms with Crippen LogP contribution < -0.4 is 5.73 Å². The highest BCUT2D eigenvalue weighted by Gasteiger charge is 2.09. The van der Waals surface area contributed by atoms with Crippen molar-refractivity contribution in [3.05, 3.63) is 35.5 Å². The average Bonchev–Trinajstić information content (AvgIpc) is 2.83. The summed E-state index contributed by atoms with van der Waals surface area (Å²) in [6.45, 7) is 0. The molecule has 0 radical (unpaired) electrons. The molecule has 2 heterocycles. The maximum absolute atomic E-state index is 5.91. The minimum Gasteiger partial charge on any atom is -0.455 e. The van der Waals surface area contributed by atoms with Crippen molar-refractivity contribution < 1.29 is 4.42 Å². The quantitative estimate of drug-likeness (QED) is 0.715. The highest BCUT2D eigenvalue weighted by Crippen LogP contribution is 2.33. The van der Waals surface area contributed by atoms with Crippen LogP contribution in [0.5, 0.6) is 0 Å². The van der Waals surface area contributed by atoms with E-state index in [1.54, 1.807) is 12.3 Å². The maximum Gasteiger partial charge on any atom is 0.180 e. The predicted molar refractivity (Wildman–Crippen MR) is 66.7 cm³/mol. The fourth-order valence-corrected chi connectivity index (χ4v) is 2.36. The first-order valence-electron chi connectivity index (χ1n) is 4.63. The van der Waals surface area contributed by atoms with E-state index in [9.17, 15) is 0 Å². The molecule has 0 bridgehead atoms. The Morgan fingerprint density at radius 2 is 2.19 bits per heavy atom. The van der Waals surface area contributed by atoms with Gasteiger partial charge in [0.25, 0.3) is 0 Å². The van der Waals surface area contributed by atoms with E-state index < -0.39 is 0 Å². The van der Waals surface area contributed by atoms with Gasteiger partial charge < -0.3 is 10.2 Å². The molecule has 0 spiro atoms. The van der Waals surface area contributed by atoms with E-state index in [1.165, 1.54) is 11.3 Å². The number of halogens is 1. The number of benzene rings is 1. The van der Waals surface area contributed by atoms with Crippen LogP contribution in [0.2, 0.25) is 5.02 Å². The first-order valence-corrected chi connectivity index (χ1v) is 5.82. The molecule has 0 unspecified atom stereocenters. The molecule has 2 N–H and O–H groups in total. The smallest absolute Gasteiger partial charge is 0.180 e. The Morgan fingerprint density at radius 3 is 2.94 bits per heavy atom. The highest BCUT2D eigenvalue weighted by atomic mass is 35.5. The molecule has 0 saturated heterocycles. The Kier molecular flexibility index (Phi) is 2.12. The summed E-state index contributed by atoms with van der Waals surface area (Å²) >= 11 is 7.31. The van der Waals surface area contributed by atoms with Crippen molar-refractivity contribution in [1.82, 2.24) is 4.98 Å². The van der Waals surface area contributed by atoms with Gasteiger partial charge in [-0.3, -0.25) is 0 Å². The van der Waals surface area contributed by atoms with Crippen LogP contribution in [0.3, 0.4) is 0 Å². The normalized spacial score (nSPS) is 11.1. The summed E-state index contributed by atoms with van der Waals surface area (Å²) in [4.78, 5) is 4.91. The molecule has 0 atom stereocenters. The van der Waals surface area contributed by atoms with Crippen molar-refractivity contribution >= 4 is 39.0 Å². The topological polar surface area (TPSA) is 52.0 Å². The van der Waals surface area contributed by atoms with Crippen molar-refractivity contribution in [1.29, 1.82) is 0 Å². The number of furan rings is 1. The second-order valence-corrected chi connectivity index (χ2v) is 4.85. The first-order chi connectivity index (χ1) is 7.72. The number of hydrogen-bond donors (Lipinski definition) is 1. The number of thiazole rings is 1. The molecule has 0 aliphatic heterocycles. The van der Waals surface area contributed by atoms with Crippen molar-refractivity contribution in [2.75, 3.05) is 5.73 Å². The van der Waals surface area contributed by atoms with E-state index >= 15 is 0 Å². The molecule has 0 fully saturated rings. The molecule has 0 aliphatic rings. The number of aromatic nitrogens is 1. The minimum absolute atomic E-state index is 0.536.